The molecule has 2 aromatic heterocycles. The average Bonchev–Trinajstić information content (AvgIpc) is 2.99. The van der Waals surface area contributed by atoms with E-state index in [0.717, 1.165) is 0 Å². The predicted octanol–water partition coefficient (Wildman–Crippen LogP) is 1.98. The minimum Gasteiger partial charge on any atom is -0.309 e. The highest BCUT2D eigenvalue weighted by Gasteiger charge is 2.10. The van der Waals surface area contributed by atoms with Gasteiger partial charge in [-0.15, -0.1) is 5.10 Å². The predicted molar refractivity (Wildman–Crippen MR) is 77.9 cm³/mol. The van der Waals surface area contributed by atoms with E-state index in [2.05, 4.69) is 20.4 Å². The Morgan fingerprint density at radius 3 is 2.86 bits per heavy atom. The number of halogens is 1. The Kier molecular flexibility index (Phi) is 3.86. The first-order valence-electron chi connectivity index (χ1n) is 6.58. The molecule has 0 unspecified atom stereocenters. The number of hydrogen-bond donors (Lipinski definition) is 1. The zero-order valence-corrected chi connectivity index (χ0v) is 11.5. The maximum Gasteiger partial charge on any atom is 0.230 e. The fourth-order valence-electron chi connectivity index (χ4n) is 1.94. The average molecular weight is 297 g/mol. The highest BCUT2D eigenvalue weighted by Crippen LogP contribution is 2.10. The topological polar surface area (TPSA) is 72.7 Å². The zero-order chi connectivity index (χ0) is 15.4. The zero-order valence-electron chi connectivity index (χ0n) is 11.5. The van der Waals surface area contributed by atoms with Crippen LogP contribution in [0.15, 0.2) is 55.1 Å². The lowest BCUT2D eigenvalue weighted by atomic mass is 10.1. The number of benzene rings is 1. The number of nitrogens with one attached hydrogen (secondary N) is 1. The van der Waals surface area contributed by atoms with Gasteiger partial charge in [-0.1, -0.05) is 18.2 Å². The summed E-state index contributed by atoms with van der Waals surface area (Å²) in [4.78, 5) is 19.8. The molecule has 0 saturated carbocycles. The molecule has 0 atom stereocenters. The van der Waals surface area contributed by atoms with Crippen molar-refractivity contribution < 1.29 is 9.18 Å². The summed E-state index contributed by atoms with van der Waals surface area (Å²) in [5, 5.41) is 6.81. The molecular weight excluding hydrogens is 285 g/mol. The van der Waals surface area contributed by atoms with Crippen LogP contribution in [0.3, 0.4) is 0 Å². The molecule has 7 heteroatoms. The van der Waals surface area contributed by atoms with Crippen molar-refractivity contribution in [3.8, 4) is 5.82 Å². The van der Waals surface area contributed by atoms with Crippen LogP contribution in [0.1, 0.15) is 5.56 Å². The van der Waals surface area contributed by atoms with Gasteiger partial charge in [0.1, 0.15) is 12.1 Å². The lowest BCUT2D eigenvalue weighted by Crippen LogP contribution is -2.15. The number of nitrogens with zero attached hydrogens (tertiary/aromatic N) is 4. The van der Waals surface area contributed by atoms with Gasteiger partial charge in [-0.05, 0) is 11.6 Å². The van der Waals surface area contributed by atoms with Crippen molar-refractivity contribution in [1.82, 2.24) is 19.7 Å². The number of anilines is 1. The molecule has 3 aromatic rings. The van der Waals surface area contributed by atoms with Crippen LogP contribution in [-0.4, -0.2) is 25.7 Å². The van der Waals surface area contributed by atoms with Crippen LogP contribution in [0.4, 0.5) is 10.2 Å². The van der Waals surface area contributed by atoms with Gasteiger partial charge >= 0.3 is 0 Å². The molecule has 1 aromatic carbocycles. The molecule has 3 rings (SSSR count). The molecule has 22 heavy (non-hydrogen) atoms. The van der Waals surface area contributed by atoms with Crippen LogP contribution < -0.4 is 5.32 Å². The van der Waals surface area contributed by atoms with Crippen molar-refractivity contribution in [2.45, 2.75) is 6.42 Å². The van der Waals surface area contributed by atoms with E-state index < -0.39 is 5.82 Å². The summed E-state index contributed by atoms with van der Waals surface area (Å²) < 4.78 is 15.0. The van der Waals surface area contributed by atoms with Crippen molar-refractivity contribution in [2.24, 2.45) is 0 Å². The third-order valence-electron chi connectivity index (χ3n) is 2.97. The number of carbonyl (C=O) groups excluding carboxylic acids is 1. The van der Waals surface area contributed by atoms with E-state index in [4.69, 9.17) is 0 Å². The van der Waals surface area contributed by atoms with Gasteiger partial charge in [0.25, 0.3) is 0 Å². The Bertz CT molecular complexity index is 787. The lowest BCUT2D eigenvalue weighted by molar-refractivity contribution is -0.115. The number of amides is 1. The van der Waals surface area contributed by atoms with Crippen LogP contribution in [0.5, 0.6) is 0 Å². The van der Waals surface area contributed by atoms with Gasteiger partial charge < -0.3 is 5.32 Å². The van der Waals surface area contributed by atoms with Crippen LogP contribution >= 0.6 is 0 Å². The maximum atomic E-state index is 13.5. The third-order valence-corrected chi connectivity index (χ3v) is 2.97. The van der Waals surface area contributed by atoms with E-state index in [9.17, 15) is 9.18 Å². The molecular formula is C15H12FN5O. The Morgan fingerprint density at radius 2 is 2.09 bits per heavy atom. The van der Waals surface area contributed by atoms with Gasteiger partial charge in [-0.25, -0.2) is 19.0 Å². The first-order valence-corrected chi connectivity index (χ1v) is 6.58. The fraction of sp³-hybridized carbons (Fsp3) is 0.0667. The maximum absolute atomic E-state index is 13.5. The van der Waals surface area contributed by atoms with Gasteiger partial charge in [-0.3, -0.25) is 4.79 Å². The van der Waals surface area contributed by atoms with Crippen molar-refractivity contribution in [2.75, 3.05) is 5.32 Å². The van der Waals surface area contributed by atoms with Gasteiger partial charge in [0.2, 0.25) is 5.91 Å². The normalized spacial score (nSPS) is 10.4. The Balaban J connectivity index is 1.68. The molecule has 0 fully saturated rings. The lowest BCUT2D eigenvalue weighted by Gasteiger charge is -2.03. The quantitative estimate of drug-likeness (QED) is 0.799. The molecule has 1 amide bonds. The minimum atomic E-state index is -0.399. The van der Waals surface area contributed by atoms with Crippen molar-refractivity contribution in [1.29, 1.82) is 0 Å². The molecule has 0 radical (unpaired) electrons. The number of aromatic nitrogens is 4. The Morgan fingerprint density at radius 1 is 1.23 bits per heavy atom. The first kappa shape index (κ1) is 13.9. The molecule has 0 aliphatic rings. The van der Waals surface area contributed by atoms with Crippen molar-refractivity contribution >= 4 is 11.7 Å². The van der Waals surface area contributed by atoms with Crippen LogP contribution in [-0.2, 0) is 11.2 Å². The van der Waals surface area contributed by atoms with E-state index in [1.165, 1.54) is 17.1 Å². The largest absolute Gasteiger partial charge is 0.309 e. The van der Waals surface area contributed by atoms with E-state index in [1.54, 1.807) is 42.7 Å². The number of carbonyl (C=O) groups is 1. The van der Waals surface area contributed by atoms with Gasteiger partial charge in [-0.2, -0.15) is 0 Å². The van der Waals surface area contributed by atoms with Gasteiger partial charge in [0, 0.05) is 24.5 Å². The SMILES string of the molecule is O=C(Cc1ccccc1F)Nc1ccn(-c2ccncn2)n1. The summed E-state index contributed by atoms with van der Waals surface area (Å²) in [6.07, 6.45) is 4.63. The summed E-state index contributed by atoms with van der Waals surface area (Å²) in [6, 6.07) is 9.51. The molecule has 0 spiro atoms. The van der Waals surface area contributed by atoms with Gasteiger partial charge in [0.05, 0.1) is 6.42 Å². The standard InChI is InChI=1S/C15H12FN5O/c16-12-4-2-1-3-11(12)9-15(22)19-13-6-8-21(20-13)14-5-7-17-10-18-14/h1-8,10H,9H2,(H,19,20,22). The summed E-state index contributed by atoms with van der Waals surface area (Å²) in [6.45, 7) is 0. The molecule has 0 aliphatic heterocycles. The summed E-state index contributed by atoms with van der Waals surface area (Å²) >= 11 is 0. The Hall–Kier alpha value is -3.09. The van der Waals surface area contributed by atoms with E-state index in [1.807, 2.05) is 0 Å². The van der Waals surface area contributed by atoms with Crippen LogP contribution in [0.25, 0.3) is 5.82 Å². The second kappa shape index (κ2) is 6.13. The van der Waals surface area contributed by atoms with E-state index in [0.29, 0.717) is 17.2 Å². The summed E-state index contributed by atoms with van der Waals surface area (Å²) in [5.74, 6) is 0.228. The monoisotopic (exact) mass is 297 g/mol. The van der Waals surface area contributed by atoms with E-state index >= 15 is 0 Å². The molecule has 0 bridgehead atoms. The van der Waals surface area contributed by atoms with Gasteiger partial charge in [0.15, 0.2) is 11.6 Å². The minimum absolute atomic E-state index is 0.0486. The second-order valence-electron chi connectivity index (χ2n) is 4.53. The smallest absolute Gasteiger partial charge is 0.230 e. The molecule has 2 heterocycles. The van der Waals surface area contributed by atoms with Crippen molar-refractivity contribution in [3.63, 3.8) is 0 Å². The first-order chi connectivity index (χ1) is 10.7. The van der Waals surface area contributed by atoms with Crippen LogP contribution in [0, 0.1) is 5.82 Å². The van der Waals surface area contributed by atoms with E-state index in [-0.39, 0.29) is 12.3 Å². The van der Waals surface area contributed by atoms with Crippen LogP contribution in [0.2, 0.25) is 0 Å². The second-order valence-corrected chi connectivity index (χ2v) is 4.53. The molecule has 0 saturated heterocycles. The molecule has 1 N–H and O–H groups in total. The summed E-state index contributed by atoms with van der Waals surface area (Å²) in [7, 11) is 0. The number of rotatable bonds is 4. The highest BCUT2D eigenvalue weighted by atomic mass is 19.1. The molecule has 0 aliphatic carbocycles. The molecule has 6 nitrogen and oxygen atoms in total. The number of hydrogen-bond acceptors (Lipinski definition) is 4. The van der Waals surface area contributed by atoms with Crippen molar-refractivity contribution in [3.05, 3.63) is 66.5 Å². The Labute approximate surface area is 125 Å². The third kappa shape index (κ3) is 3.14. The summed E-state index contributed by atoms with van der Waals surface area (Å²) in [5.41, 5.74) is 0.343. The molecule has 110 valence electrons. The fourth-order valence-corrected chi connectivity index (χ4v) is 1.94. The highest BCUT2D eigenvalue weighted by molar-refractivity contribution is 5.91.